The number of rotatable bonds is 8. The van der Waals surface area contributed by atoms with Gasteiger partial charge in [-0.2, -0.15) is 0 Å². The van der Waals surface area contributed by atoms with Crippen molar-refractivity contribution in [3.05, 3.63) is 35.9 Å². The fourth-order valence-corrected chi connectivity index (χ4v) is 3.27. The topological polar surface area (TPSA) is 69.6 Å². The molecule has 1 amide bonds. The Kier molecular flexibility index (Phi) is 7.40. The van der Waals surface area contributed by atoms with Crippen LogP contribution in [-0.2, 0) is 4.79 Å². The number of benzene rings is 1. The van der Waals surface area contributed by atoms with Crippen LogP contribution in [0.1, 0.15) is 49.4 Å². The molecule has 0 radical (unpaired) electrons. The summed E-state index contributed by atoms with van der Waals surface area (Å²) in [6, 6.07) is 9.31. The number of Topliss-reactive ketones (excluding diaryl/α,β-unsaturated/α-hetero) is 1. The number of amides is 1. The highest BCUT2D eigenvalue weighted by Gasteiger charge is 2.24. The zero-order chi connectivity index (χ0) is 17.4. The van der Waals surface area contributed by atoms with Crippen LogP contribution in [0, 0.1) is 0 Å². The van der Waals surface area contributed by atoms with Crippen molar-refractivity contribution in [3.8, 4) is 0 Å². The number of nitrogens with one attached hydrogen (secondary N) is 1. The maximum absolute atomic E-state index is 12.2. The van der Waals surface area contributed by atoms with Crippen LogP contribution < -0.4 is 5.32 Å². The summed E-state index contributed by atoms with van der Waals surface area (Å²) < 4.78 is 0. The van der Waals surface area contributed by atoms with Gasteiger partial charge in [0.05, 0.1) is 19.2 Å². The van der Waals surface area contributed by atoms with Crippen molar-refractivity contribution in [2.75, 3.05) is 19.6 Å². The Hall–Kier alpha value is -1.72. The van der Waals surface area contributed by atoms with E-state index in [2.05, 4.69) is 10.2 Å². The lowest BCUT2D eigenvalue weighted by Crippen LogP contribution is -2.47. The lowest BCUT2D eigenvalue weighted by Gasteiger charge is -2.34. The highest BCUT2D eigenvalue weighted by molar-refractivity contribution is 5.99. The maximum atomic E-state index is 12.2. The van der Waals surface area contributed by atoms with Crippen LogP contribution in [0.3, 0.4) is 0 Å². The van der Waals surface area contributed by atoms with Crippen molar-refractivity contribution in [1.82, 2.24) is 10.2 Å². The first kappa shape index (κ1) is 18.6. The number of hydrogen-bond acceptors (Lipinski definition) is 4. The predicted octanol–water partition coefficient (Wildman–Crippen LogP) is 2.00. The Morgan fingerprint density at radius 1 is 1.21 bits per heavy atom. The summed E-state index contributed by atoms with van der Waals surface area (Å²) in [5, 5.41) is 12.4. The standard InChI is InChI=1S/C19H28N2O3/c1-15(22)13-21(17-10-6-3-7-11-17)14-19(24)20-12-18(23)16-8-4-2-5-9-16/h2,4-5,8-9,15,17,22H,3,6-7,10-14H2,1H3,(H,20,24). The number of aliphatic hydroxyl groups is 1. The summed E-state index contributed by atoms with van der Waals surface area (Å²) in [5.41, 5.74) is 0.603. The monoisotopic (exact) mass is 332 g/mol. The zero-order valence-corrected chi connectivity index (χ0v) is 14.4. The third-order valence-corrected chi connectivity index (χ3v) is 4.48. The molecule has 0 bridgehead atoms. The van der Waals surface area contributed by atoms with E-state index in [9.17, 15) is 14.7 Å². The van der Waals surface area contributed by atoms with E-state index >= 15 is 0 Å². The summed E-state index contributed by atoms with van der Waals surface area (Å²) in [6.45, 7) is 2.48. The molecule has 2 N–H and O–H groups in total. The molecular weight excluding hydrogens is 304 g/mol. The molecule has 1 aromatic carbocycles. The first-order valence-corrected chi connectivity index (χ1v) is 8.83. The second-order valence-corrected chi connectivity index (χ2v) is 6.64. The van der Waals surface area contributed by atoms with Gasteiger partial charge in [0, 0.05) is 18.2 Å². The van der Waals surface area contributed by atoms with E-state index in [1.165, 1.54) is 19.3 Å². The second kappa shape index (κ2) is 9.55. The Bertz CT molecular complexity index is 525. The van der Waals surface area contributed by atoms with E-state index in [0.29, 0.717) is 18.2 Å². The summed E-state index contributed by atoms with van der Waals surface area (Å²) in [4.78, 5) is 26.3. The number of aliphatic hydroxyl groups excluding tert-OH is 1. The van der Waals surface area contributed by atoms with Crippen molar-refractivity contribution >= 4 is 11.7 Å². The van der Waals surface area contributed by atoms with Crippen LogP contribution in [0.25, 0.3) is 0 Å². The molecule has 1 saturated carbocycles. The zero-order valence-electron chi connectivity index (χ0n) is 14.4. The molecule has 0 heterocycles. The van der Waals surface area contributed by atoms with Gasteiger partial charge in [-0.3, -0.25) is 14.5 Å². The summed E-state index contributed by atoms with van der Waals surface area (Å²) in [6.07, 6.45) is 5.28. The molecule has 132 valence electrons. The minimum atomic E-state index is -0.467. The largest absolute Gasteiger partial charge is 0.392 e. The summed E-state index contributed by atoms with van der Waals surface area (Å²) in [5.74, 6) is -0.255. The Labute approximate surface area is 144 Å². The SMILES string of the molecule is CC(O)CN(CC(=O)NCC(=O)c1ccccc1)C1CCCCC1. The molecule has 0 aliphatic heterocycles. The van der Waals surface area contributed by atoms with Crippen LogP contribution in [0.15, 0.2) is 30.3 Å². The van der Waals surface area contributed by atoms with Crippen molar-refractivity contribution in [1.29, 1.82) is 0 Å². The molecule has 0 spiro atoms. The average molecular weight is 332 g/mol. The van der Waals surface area contributed by atoms with Gasteiger partial charge in [-0.1, -0.05) is 49.6 Å². The summed E-state index contributed by atoms with van der Waals surface area (Å²) in [7, 11) is 0. The van der Waals surface area contributed by atoms with Crippen LogP contribution in [0.4, 0.5) is 0 Å². The lowest BCUT2D eigenvalue weighted by molar-refractivity contribution is -0.123. The van der Waals surface area contributed by atoms with Crippen LogP contribution in [0.5, 0.6) is 0 Å². The molecule has 0 aromatic heterocycles. The lowest BCUT2D eigenvalue weighted by atomic mass is 9.94. The number of ketones is 1. The third-order valence-electron chi connectivity index (χ3n) is 4.48. The van der Waals surface area contributed by atoms with E-state index < -0.39 is 6.10 Å². The minimum Gasteiger partial charge on any atom is -0.392 e. The highest BCUT2D eigenvalue weighted by Crippen LogP contribution is 2.22. The molecule has 0 saturated heterocycles. The summed E-state index contributed by atoms with van der Waals surface area (Å²) >= 11 is 0. The van der Waals surface area contributed by atoms with Crippen LogP contribution in [0.2, 0.25) is 0 Å². The molecule has 1 atom stereocenters. The van der Waals surface area contributed by atoms with E-state index in [-0.39, 0.29) is 24.8 Å². The van der Waals surface area contributed by atoms with Crippen LogP contribution in [-0.4, -0.2) is 53.5 Å². The van der Waals surface area contributed by atoms with E-state index in [1.54, 1.807) is 19.1 Å². The normalized spacial score (nSPS) is 16.8. The Balaban J connectivity index is 1.84. The highest BCUT2D eigenvalue weighted by atomic mass is 16.3. The van der Waals surface area contributed by atoms with E-state index in [0.717, 1.165) is 12.8 Å². The van der Waals surface area contributed by atoms with Gasteiger partial charge in [0.1, 0.15) is 0 Å². The quantitative estimate of drug-likeness (QED) is 0.715. The van der Waals surface area contributed by atoms with Gasteiger partial charge in [0.15, 0.2) is 5.78 Å². The first-order valence-electron chi connectivity index (χ1n) is 8.83. The number of carbonyl (C=O) groups is 2. The maximum Gasteiger partial charge on any atom is 0.234 e. The van der Waals surface area contributed by atoms with Crippen molar-refractivity contribution in [3.63, 3.8) is 0 Å². The van der Waals surface area contributed by atoms with Gasteiger partial charge < -0.3 is 10.4 Å². The molecule has 1 unspecified atom stereocenters. The van der Waals surface area contributed by atoms with Crippen LogP contribution >= 0.6 is 0 Å². The molecule has 1 fully saturated rings. The van der Waals surface area contributed by atoms with Gasteiger partial charge in [0.2, 0.25) is 5.91 Å². The first-order chi connectivity index (χ1) is 11.6. The fraction of sp³-hybridized carbons (Fsp3) is 0.579. The molecule has 1 aliphatic rings. The predicted molar refractivity (Wildman–Crippen MR) is 93.9 cm³/mol. The van der Waals surface area contributed by atoms with Gasteiger partial charge in [0.25, 0.3) is 0 Å². The number of hydrogen-bond donors (Lipinski definition) is 2. The van der Waals surface area contributed by atoms with Crippen molar-refractivity contribution in [2.45, 2.75) is 51.2 Å². The smallest absolute Gasteiger partial charge is 0.234 e. The van der Waals surface area contributed by atoms with Crippen molar-refractivity contribution in [2.24, 2.45) is 0 Å². The Morgan fingerprint density at radius 3 is 2.50 bits per heavy atom. The van der Waals surface area contributed by atoms with Gasteiger partial charge in [-0.15, -0.1) is 0 Å². The average Bonchev–Trinajstić information content (AvgIpc) is 2.60. The minimum absolute atomic E-state index is 0.00995. The van der Waals surface area contributed by atoms with E-state index in [1.807, 2.05) is 18.2 Å². The molecule has 5 heteroatoms. The molecule has 5 nitrogen and oxygen atoms in total. The molecule has 1 aliphatic carbocycles. The molecule has 2 rings (SSSR count). The fourth-order valence-electron chi connectivity index (χ4n) is 3.27. The van der Waals surface area contributed by atoms with Crippen molar-refractivity contribution < 1.29 is 14.7 Å². The molecule has 24 heavy (non-hydrogen) atoms. The van der Waals surface area contributed by atoms with Gasteiger partial charge >= 0.3 is 0 Å². The van der Waals surface area contributed by atoms with Gasteiger partial charge in [-0.25, -0.2) is 0 Å². The molecular formula is C19H28N2O3. The number of nitrogens with zero attached hydrogens (tertiary/aromatic N) is 1. The second-order valence-electron chi connectivity index (χ2n) is 6.64. The van der Waals surface area contributed by atoms with E-state index in [4.69, 9.17) is 0 Å². The van der Waals surface area contributed by atoms with Gasteiger partial charge in [-0.05, 0) is 19.8 Å². The third kappa shape index (κ3) is 6.06. The number of carbonyl (C=O) groups excluding carboxylic acids is 2. The Morgan fingerprint density at radius 2 is 1.88 bits per heavy atom. The molecule has 1 aromatic rings.